The normalized spacial score (nSPS) is 23.0. The molecule has 0 aromatic heterocycles. The van der Waals surface area contributed by atoms with Crippen molar-refractivity contribution in [2.45, 2.75) is 212 Å². The lowest BCUT2D eigenvalue weighted by atomic mass is 9.96. The van der Waals surface area contributed by atoms with Gasteiger partial charge in [0.05, 0.1) is 31.7 Å². The average molecular weight is 767 g/mol. The van der Waals surface area contributed by atoms with Crippen LogP contribution in [-0.2, 0) is 28.2 Å². The summed E-state index contributed by atoms with van der Waals surface area (Å²) in [6.07, 6.45) is 10.8. The van der Waals surface area contributed by atoms with Crippen LogP contribution in [0.2, 0.25) is 0 Å². The molecule has 13 nitrogen and oxygen atoms in total. The molecule has 4 unspecified atom stereocenters. The third kappa shape index (κ3) is 24.3. The van der Waals surface area contributed by atoms with E-state index in [1.807, 2.05) is 0 Å². The van der Waals surface area contributed by atoms with Crippen LogP contribution in [-0.4, -0.2) is 86.7 Å². The van der Waals surface area contributed by atoms with Gasteiger partial charge in [-0.2, -0.15) is 0 Å². The van der Waals surface area contributed by atoms with E-state index in [1.165, 1.54) is 64.2 Å². The van der Waals surface area contributed by atoms with Crippen molar-refractivity contribution < 1.29 is 58.4 Å². The Bertz CT molecular complexity index is 980. The average Bonchev–Trinajstić information content (AvgIpc) is 3.04. The number of aliphatic hydroxyl groups excluding tert-OH is 4. The Balaban J connectivity index is 2.62. The fraction of sp³-hybridized carbons (Fsp3) is 0.947. The molecule has 0 aliphatic carbocycles. The summed E-state index contributed by atoms with van der Waals surface area (Å²) in [4.78, 5) is 46.9. The molecule has 0 aromatic carbocycles. The van der Waals surface area contributed by atoms with E-state index in [0.29, 0.717) is 31.6 Å². The first-order valence-corrected chi connectivity index (χ1v) is 21.6. The van der Waals surface area contributed by atoms with Crippen molar-refractivity contribution >= 4 is 19.7 Å². The summed E-state index contributed by atoms with van der Waals surface area (Å²) in [6.45, 7) is 8.10. The van der Waals surface area contributed by atoms with Gasteiger partial charge in [-0.25, -0.2) is 0 Å². The number of hydrogen-bond donors (Lipinski definition) is 6. The lowest BCUT2D eigenvalue weighted by molar-refractivity contribution is -0.282. The second kappa shape index (κ2) is 28.3. The molecule has 0 bridgehead atoms. The molecule has 1 aliphatic rings. The maximum Gasteiger partial charge on any atom is 0.308 e. The predicted molar refractivity (Wildman–Crippen MR) is 198 cm³/mol. The number of carbonyl (C=O) groups excluding carboxylic acids is 2. The maximum atomic E-state index is 13.0. The zero-order valence-electron chi connectivity index (χ0n) is 32.5. The molecule has 8 atom stereocenters. The maximum absolute atomic E-state index is 13.0. The number of carbonyl (C=O) groups is 2. The number of amides is 1. The Hall–Kier alpha value is -1.15. The second-order valence-electron chi connectivity index (χ2n) is 15.7. The highest BCUT2D eigenvalue weighted by atomic mass is 31.2. The third-order valence-corrected chi connectivity index (χ3v) is 10.1. The van der Waals surface area contributed by atoms with Crippen molar-refractivity contribution in [2.75, 3.05) is 6.61 Å². The summed E-state index contributed by atoms with van der Waals surface area (Å²) in [7, 11) is -5.47. The number of phosphoric ester groups is 1. The highest BCUT2D eigenvalue weighted by Crippen LogP contribution is 2.37. The topological polar surface area (TPSA) is 215 Å². The van der Waals surface area contributed by atoms with E-state index in [1.54, 1.807) is 0 Å². The van der Waals surface area contributed by atoms with Gasteiger partial charge in [-0.15, -0.1) is 0 Å². The van der Waals surface area contributed by atoms with Gasteiger partial charge in [0, 0.05) is 0 Å². The van der Waals surface area contributed by atoms with Crippen LogP contribution in [0.4, 0.5) is 0 Å². The largest absolute Gasteiger partial charge is 0.756 e. The fourth-order valence-electron chi connectivity index (χ4n) is 6.62. The first kappa shape index (κ1) is 48.9. The molecular formula is C38H73NO12P-. The molecule has 1 amide bonds. The number of ether oxygens (including phenoxy) is 2. The van der Waals surface area contributed by atoms with Crippen molar-refractivity contribution in [1.82, 2.24) is 5.32 Å². The number of esters is 1. The van der Waals surface area contributed by atoms with Crippen molar-refractivity contribution in [1.29, 1.82) is 0 Å². The van der Waals surface area contributed by atoms with Crippen molar-refractivity contribution in [3.05, 3.63) is 0 Å². The lowest BCUT2D eigenvalue weighted by Gasteiger charge is -2.44. The second-order valence-corrected chi connectivity index (χ2v) is 16.8. The molecule has 52 heavy (non-hydrogen) atoms. The Morgan fingerprint density at radius 2 is 1.13 bits per heavy atom. The molecule has 308 valence electrons. The number of phosphoric acid groups is 1. The van der Waals surface area contributed by atoms with Gasteiger partial charge >= 0.3 is 5.97 Å². The first-order valence-electron chi connectivity index (χ1n) is 20.1. The molecular weight excluding hydrogens is 693 g/mol. The Kier molecular flexibility index (Phi) is 26.6. The molecule has 1 saturated heterocycles. The molecule has 14 heteroatoms. The fourth-order valence-corrected chi connectivity index (χ4v) is 7.07. The minimum Gasteiger partial charge on any atom is -0.756 e. The highest BCUT2D eigenvalue weighted by molar-refractivity contribution is 7.44. The molecule has 0 radical (unpaired) electrons. The van der Waals surface area contributed by atoms with Crippen molar-refractivity contribution in [2.24, 2.45) is 11.8 Å². The third-order valence-electron chi connectivity index (χ3n) is 9.65. The van der Waals surface area contributed by atoms with Gasteiger partial charge in [0.15, 0.2) is 12.4 Å². The summed E-state index contributed by atoms with van der Waals surface area (Å²) < 4.78 is 27.1. The van der Waals surface area contributed by atoms with E-state index in [2.05, 4.69) is 37.5 Å². The van der Waals surface area contributed by atoms with E-state index >= 15 is 0 Å². The van der Waals surface area contributed by atoms with Gasteiger partial charge in [0.2, 0.25) is 5.91 Å². The number of hydrogen-bond acceptors (Lipinski definition) is 11. The van der Waals surface area contributed by atoms with Gasteiger partial charge in [-0.05, 0) is 24.7 Å². The minimum absolute atomic E-state index is 0.351. The molecule has 0 saturated carbocycles. The van der Waals surface area contributed by atoms with Crippen LogP contribution in [0.1, 0.15) is 169 Å². The van der Waals surface area contributed by atoms with Crippen molar-refractivity contribution in [3.8, 4) is 0 Å². The summed E-state index contributed by atoms with van der Waals surface area (Å²) in [5, 5.41) is 44.1. The summed E-state index contributed by atoms with van der Waals surface area (Å²) in [5.74, 6) is -0.227. The summed E-state index contributed by atoms with van der Waals surface area (Å²) >= 11 is 0. The Morgan fingerprint density at radius 3 is 1.54 bits per heavy atom. The number of nitrogens with one attached hydrogen (secondary N) is 1. The molecule has 1 aliphatic heterocycles. The monoisotopic (exact) mass is 766 g/mol. The van der Waals surface area contributed by atoms with Gasteiger partial charge in [0.25, 0.3) is 7.82 Å². The molecule has 0 spiro atoms. The summed E-state index contributed by atoms with van der Waals surface area (Å²) in [5.41, 5.74) is 0. The zero-order chi connectivity index (χ0) is 38.9. The van der Waals surface area contributed by atoms with Gasteiger partial charge < -0.3 is 45.0 Å². The highest BCUT2D eigenvalue weighted by Gasteiger charge is 2.49. The van der Waals surface area contributed by atoms with Crippen LogP contribution in [0, 0.1) is 11.8 Å². The van der Waals surface area contributed by atoms with Crippen LogP contribution >= 0.6 is 7.82 Å². The molecule has 1 heterocycles. The molecule has 0 aromatic rings. The van der Waals surface area contributed by atoms with E-state index in [0.717, 1.165) is 44.4 Å². The van der Waals surface area contributed by atoms with Gasteiger partial charge in [0.1, 0.15) is 18.2 Å². The minimum atomic E-state index is -5.47. The van der Waals surface area contributed by atoms with E-state index in [4.69, 9.17) is 9.47 Å². The molecule has 1 rings (SSSR count). The smallest absolute Gasteiger partial charge is 0.308 e. The van der Waals surface area contributed by atoms with Crippen LogP contribution in [0.5, 0.6) is 0 Å². The number of unbranched alkanes of at least 4 members (excludes halogenated alkanes) is 14. The molecule has 6 N–H and O–H groups in total. The van der Waals surface area contributed by atoms with Crippen LogP contribution in [0.3, 0.4) is 0 Å². The predicted octanol–water partition coefficient (Wildman–Crippen LogP) is 5.55. The van der Waals surface area contributed by atoms with E-state index in [-0.39, 0.29) is 6.42 Å². The van der Waals surface area contributed by atoms with Crippen molar-refractivity contribution in [3.63, 3.8) is 0 Å². The molecule has 1 fully saturated rings. The Morgan fingerprint density at radius 1 is 0.731 bits per heavy atom. The number of rotatable bonds is 31. The van der Waals surface area contributed by atoms with Gasteiger partial charge in [-0.3, -0.25) is 18.7 Å². The zero-order valence-corrected chi connectivity index (χ0v) is 33.4. The van der Waals surface area contributed by atoms with Crippen LogP contribution < -0.4 is 10.2 Å². The van der Waals surface area contributed by atoms with Crippen LogP contribution in [0.15, 0.2) is 0 Å². The standard InChI is InChI=1S/C38H74NO12P/c1-28(2)21-17-13-9-6-5-7-11-15-19-23-30(41)25-33(43)39-35-37(36(45)32(27-40)49-38(35)51-52(46,47)48)50-34(44)26-31(42)24-20-16-12-8-10-14-18-22-29(3)4/h28-32,35-38,40-42,45H,5-27H2,1-4H3,(H,39,43)(H2,46,47,48)/p-1/t30-,31-,32?,35-,36-,37?,38?/m1/s1. The van der Waals surface area contributed by atoms with E-state index < -0.39 is 75.6 Å². The quantitative estimate of drug-likeness (QED) is 0.0291. The first-order chi connectivity index (χ1) is 24.6. The summed E-state index contributed by atoms with van der Waals surface area (Å²) in [6, 6.07) is -1.64. The number of aliphatic hydroxyl groups is 4. The van der Waals surface area contributed by atoms with Crippen LogP contribution in [0.25, 0.3) is 0 Å². The SMILES string of the molecule is CC(C)CCCCCCCCCCC[C@@H](O)CC(=O)N[C@H]1C(OP(=O)([O-])O)OC(CO)[C@@H](O)C1OC(=O)C[C@H](O)CCCCCCCCCC(C)C. The lowest BCUT2D eigenvalue weighted by Crippen LogP contribution is -2.66. The van der Waals surface area contributed by atoms with Gasteiger partial charge in [-0.1, -0.05) is 143 Å². The Labute approximate surface area is 313 Å². The van der Waals surface area contributed by atoms with E-state index in [9.17, 15) is 44.4 Å².